The highest BCUT2D eigenvalue weighted by Crippen LogP contribution is 2.22. The summed E-state index contributed by atoms with van der Waals surface area (Å²) >= 11 is 7.42. The van der Waals surface area contributed by atoms with Gasteiger partial charge in [0, 0.05) is 17.3 Å². The van der Waals surface area contributed by atoms with Gasteiger partial charge < -0.3 is 0 Å². The molecule has 0 radical (unpaired) electrons. The van der Waals surface area contributed by atoms with Crippen LogP contribution in [0, 0.1) is 4.91 Å². The molecule has 7 heteroatoms. The maximum atomic E-state index is 10.5. The van der Waals surface area contributed by atoms with Crippen molar-refractivity contribution >= 4 is 34.2 Å². The Kier molecular flexibility index (Phi) is 7.55. The second-order valence-electron chi connectivity index (χ2n) is 5.34. The lowest BCUT2D eigenvalue weighted by atomic mass is 10.1. The molecule has 0 spiro atoms. The molecule has 124 valence electrons. The maximum absolute atomic E-state index is 10.5. The number of nitroso groups, excluding NO2 is 1. The van der Waals surface area contributed by atoms with Gasteiger partial charge in [-0.1, -0.05) is 73.2 Å². The molecule has 0 amide bonds. The van der Waals surface area contributed by atoms with Crippen molar-refractivity contribution in [2.75, 3.05) is 12.3 Å². The fourth-order valence-electron chi connectivity index (χ4n) is 2.33. The molecular weight excluding hydrogens is 332 g/mol. The van der Waals surface area contributed by atoms with Crippen molar-refractivity contribution < 1.29 is 0 Å². The summed E-state index contributed by atoms with van der Waals surface area (Å²) in [6.45, 7) is 2.95. The average molecular weight is 353 g/mol. The number of hydrazone groups is 1. The molecule has 1 heterocycles. The minimum absolute atomic E-state index is 0.577. The van der Waals surface area contributed by atoms with E-state index in [0.717, 1.165) is 30.7 Å². The molecule has 0 saturated carbocycles. The lowest BCUT2D eigenvalue weighted by Gasteiger charge is -2.25. The Morgan fingerprint density at radius 1 is 1.22 bits per heavy atom. The Hall–Kier alpha value is -1.40. The molecule has 0 saturated heterocycles. The van der Waals surface area contributed by atoms with E-state index in [-0.39, 0.29) is 0 Å². The van der Waals surface area contributed by atoms with Crippen LogP contribution in [-0.2, 0) is 0 Å². The number of hydrogen-bond acceptors (Lipinski definition) is 4. The molecule has 0 unspecified atom stereocenters. The highest BCUT2D eigenvalue weighted by molar-refractivity contribution is 8.14. The summed E-state index contributed by atoms with van der Waals surface area (Å²) in [6, 6.07) is 7.63. The predicted molar refractivity (Wildman–Crippen MR) is 99.1 cm³/mol. The van der Waals surface area contributed by atoms with E-state index in [1.54, 1.807) is 5.01 Å². The topological polar surface area (TPSA) is 57.4 Å². The molecule has 1 aliphatic rings. The van der Waals surface area contributed by atoms with Crippen LogP contribution in [0.25, 0.3) is 0 Å². The van der Waals surface area contributed by atoms with Gasteiger partial charge in [0.25, 0.3) is 0 Å². The molecule has 0 atom stereocenters. The first-order valence-electron chi connectivity index (χ1n) is 7.88. The number of nitrogens with zero attached hydrogens (tertiary/aromatic N) is 4. The molecule has 0 bridgehead atoms. The van der Waals surface area contributed by atoms with E-state index in [2.05, 4.69) is 22.4 Å². The average Bonchev–Trinajstić information content (AvgIpc) is 2.57. The Labute approximate surface area is 146 Å². The van der Waals surface area contributed by atoms with E-state index in [4.69, 9.17) is 11.6 Å². The van der Waals surface area contributed by atoms with Crippen LogP contribution in [0.1, 0.15) is 44.6 Å². The molecule has 1 aromatic rings. The summed E-state index contributed by atoms with van der Waals surface area (Å²) in [5.41, 5.74) is 2.00. The van der Waals surface area contributed by atoms with Gasteiger partial charge in [-0.2, -0.15) is 5.10 Å². The highest BCUT2D eigenvalue weighted by Gasteiger charge is 2.20. The van der Waals surface area contributed by atoms with Gasteiger partial charge in [0.05, 0.1) is 11.0 Å². The lowest BCUT2D eigenvalue weighted by molar-refractivity contribution is 0.426. The molecule has 0 aliphatic carbocycles. The van der Waals surface area contributed by atoms with Crippen molar-refractivity contribution in [2.45, 2.75) is 39.0 Å². The van der Waals surface area contributed by atoms with Crippen molar-refractivity contribution in [3.63, 3.8) is 0 Å². The summed E-state index contributed by atoms with van der Waals surface area (Å²) in [5.74, 6) is 0.669. The SMILES string of the molecule is CCCCCCCN1N=C(c2ccc(Cl)cc2)CS/C1=N/N=O. The first-order chi connectivity index (χ1) is 11.2. The van der Waals surface area contributed by atoms with Crippen LogP contribution in [0.3, 0.4) is 0 Å². The molecule has 0 fully saturated rings. The summed E-state index contributed by atoms with van der Waals surface area (Å²) in [5, 5.41) is 14.1. The third-order valence-corrected chi connectivity index (χ3v) is 4.80. The molecule has 1 aromatic carbocycles. The largest absolute Gasteiger partial charge is 0.241 e. The number of thioether (sulfide) groups is 1. The van der Waals surface area contributed by atoms with Crippen molar-refractivity contribution in [3.8, 4) is 0 Å². The van der Waals surface area contributed by atoms with E-state index < -0.39 is 0 Å². The normalized spacial score (nSPS) is 16.5. The van der Waals surface area contributed by atoms with E-state index >= 15 is 0 Å². The summed E-state index contributed by atoms with van der Waals surface area (Å²) in [7, 11) is 0. The molecular formula is C16H21ClN4OS. The first kappa shape index (κ1) is 17.9. The zero-order valence-corrected chi connectivity index (χ0v) is 14.8. The third-order valence-electron chi connectivity index (χ3n) is 3.58. The molecule has 5 nitrogen and oxygen atoms in total. The lowest BCUT2D eigenvalue weighted by Crippen LogP contribution is -2.31. The van der Waals surface area contributed by atoms with Gasteiger partial charge in [-0.05, 0) is 24.1 Å². The van der Waals surface area contributed by atoms with Crippen LogP contribution in [-0.4, -0.2) is 28.2 Å². The quantitative estimate of drug-likeness (QED) is 0.371. The van der Waals surface area contributed by atoms with Crippen molar-refractivity contribution in [1.29, 1.82) is 0 Å². The van der Waals surface area contributed by atoms with Gasteiger partial charge in [0.1, 0.15) is 0 Å². The van der Waals surface area contributed by atoms with E-state index in [1.165, 1.54) is 31.0 Å². The number of halogens is 1. The van der Waals surface area contributed by atoms with Gasteiger partial charge in [-0.15, -0.1) is 4.91 Å². The van der Waals surface area contributed by atoms with Crippen LogP contribution in [0.5, 0.6) is 0 Å². The van der Waals surface area contributed by atoms with Crippen LogP contribution in [0.2, 0.25) is 5.02 Å². The minimum atomic E-state index is 0.577. The van der Waals surface area contributed by atoms with Crippen LogP contribution in [0.4, 0.5) is 0 Å². The maximum Gasteiger partial charge on any atom is 0.209 e. The molecule has 0 aromatic heterocycles. The Morgan fingerprint density at radius 3 is 2.65 bits per heavy atom. The number of benzene rings is 1. The van der Waals surface area contributed by atoms with Gasteiger partial charge in [-0.3, -0.25) is 0 Å². The van der Waals surface area contributed by atoms with Crippen molar-refractivity contribution in [3.05, 3.63) is 39.8 Å². The van der Waals surface area contributed by atoms with Crippen LogP contribution >= 0.6 is 23.4 Å². The predicted octanol–water partition coefficient (Wildman–Crippen LogP) is 5.10. The Morgan fingerprint density at radius 2 is 1.96 bits per heavy atom. The van der Waals surface area contributed by atoms with E-state index in [9.17, 15) is 4.91 Å². The smallest absolute Gasteiger partial charge is 0.209 e. The van der Waals surface area contributed by atoms with Gasteiger partial charge in [0.15, 0.2) is 0 Å². The Bertz CT molecular complexity index is 574. The zero-order chi connectivity index (χ0) is 16.5. The van der Waals surface area contributed by atoms with Crippen LogP contribution in [0.15, 0.2) is 39.8 Å². The standard InChI is InChI=1S/C16H21ClN4OS/c1-2-3-4-5-6-11-21-16(18-20-22)23-12-15(19-21)13-7-9-14(17)10-8-13/h7-10H,2-6,11-12H2,1H3/b18-16+. The van der Waals surface area contributed by atoms with Gasteiger partial charge >= 0.3 is 0 Å². The molecule has 23 heavy (non-hydrogen) atoms. The monoisotopic (exact) mass is 352 g/mol. The molecule has 0 N–H and O–H groups in total. The second-order valence-corrected chi connectivity index (χ2v) is 6.72. The van der Waals surface area contributed by atoms with E-state index in [0.29, 0.717) is 15.9 Å². The fourth-order valence-corrected chi connectivity index (χ4v) is 3.32. The summed E-state index contributed by atoms with van der Waals surface area (Å²) in [4.78, 5) is 10.5. The zero-order valence-electron chi connectivity index (χ0n) is 13.2. The van der Waals surface area contributed by atoms with Crippen molar-refractivity contribution in [1.82, 2.24) is 5.01 Å². The Balaban J connectivity index is 2.06. The number of hydrogen-bond donors (Lipinski definition) is 0. The third kappa shape index (κ3) is 5.62. The summed E-state index contributed by atoms with van der Waals surface area (Å²) in [6.07, 6.45) is 5.88. The minimum Gasteiger partial charge on any atom is -0.241 e. The number of amidine groups is 1. The fraction of sp³-hybridized carbons (Fsp3) is 0.500. The first-order valence-corrected chi connectivity index (χ1v) is 9.25. The van der Waals surface area contributed by atoms with Crippen LogP contribution < -0.4 is 0 Å². The summed E-state index contributed by atoms with van der Waals surface area (Å²) < 4.78 is 0. The van der Waals surface area contributed by atoms with E-state index in [1.807, 2.05) is 24.3 Å². The van der Waals surface area contributed by atoms with Gasteiger partial charge in [0.2, 0.25) is 5.17 Å². The van der Waals surface area contributed by atoms with Crippen molar-refractivity contribution in [2.24, 2.45) is 15.5 Å². The van der Waals surface area contributed by atoms with Gasteiger partial charge in [-0.25, -0.2) is 5.01 Å². The second kappa shape index (κ2) is 9.67. The number of unbranched alkanes of at least 4 members (excludes halogenated alkanes) is 4. The molecule has 1 aliphatic heterocycles. The number of rotatable bonds is 8. The highest BCUT2D eigenvalue weighted by atomic mass is 35.5. The molecule has 2 rings (SSSR count).